The van der Waals surface area contributed by atoms with E-state index < -0.39 is 5.91 Å². The largest absolute Gasteiger partial charge is 0.366 e. The van der Waals surface area contributed by atoms with Gasteiger partial charge >= 0.3 is 0 Å². The number of hydrogen-bond acceptors (Lipinski definition) is 4. The van der Waals surface area contributed by atoms with E-state index in [9.17, 15) is 4.79 Å². The standard InChI is InChI=1S/C19H18BrN5O/c1-25-10-15(18(21)26)14-7-4-12-9-23-19(24-16(12)17(14)25)22-8-11-2-5-13(20)6-3-11/h2-3,5-6,9-10H,4,7-8H2,1H3,(H2,21,26)(H,22,23,24). The minimum Gasteiger partial charge on any atom is -0.366 e. The van der Waals surface area contributed by atoms with E-state index in [0.29, 0.717) is 18.1 Å². The molecule has 2 heterocycles. The lowest BCUT2D eigenvalue weighted by atomic mass is 9.92. The molecule has 4 rings (SSSR count). The maximum atomic E-state index is 11.7. The SMILES string of the molecule is Cn1cc(C(N)=O)c2c1-c1nc(NCc3ccc(Br)cc3)ncc1CC2. The molecule has 3 aromatic rings. The van der Waals surface area contributed by atoms with Gasteiger partial charge in [0.15, 0.2) is 0 Å². The zero-order valence-electron chi connectivity index (χ0n) is 14.3. The first-order valence-corrected chi connectivity index (χ1v) is 9.15. The van der Waals surface area contributed by atoms with Gasteiger partial charge < -0.3 is 15.6 Å². The predicted molar refractivity (Wildman–Crippen MR) is 104 cm³/mol. The Hall–Kier alpha value is -2.67. The monoisotopic (exact) mass is 411 g/mol. The third-order valence-electron chi connectivity index (χ3n) is 4.65. The lowest BCUT2D eigenvalue weighted by Gasteiger charge is -2.18. The number of aromatic nitrogens is 3. The van der Waals surface area contributed by atoms with Gasteiger partial charge in [-0.1, -0.05) is 28.1 Å². The van der Waals surface area contributed by atoms with Gasteiger partial charge in [-0.3, -0.25) is 4.79 Å². The number of primary amides is 1. The number of anilines is 1. The van der Waals surface area contributed by atoms with Crippen LogP contribution in [0, 0.1) is 0 Å². The number of carbonyl (C=O) groups excluding carboxylic acids is 1. The van der Waals surface area contributed by atoms with E-state index in [1.54, 1.807) is 6.20 Å². The van der Waals surface area contributed by atoms with Crippen LogP contribution in [0.1, 0.15) is 27.0 Å². The molecule has 0 saturated carbocycles. The summed E-state index contributed by atoms with van der Waals surface area (Å²) in [4.78, 5) is 20.9. The first kappa shape index (κ1) is 16.8. The van der Waals surface area contributed by atoms with Crippen molar-refractivity contribution in [2.24, 2.45) is 12.8 Å². The van der Waals surface area contributed by atoms with Crippen LogP contribution in [0.5, 0.6) is 0 Å². The van der Waals surface area contributed by atoms with Crippen LogP contribution >= 0.6 is 15.9 Å². The number of halogens is 1. The molecule has 0 spiro atoms. The lowest BCUT2D eigenvalue weighted by Crippen LogP contribution is -2.15. The van der Waals surface area contributed by atoms with Crippen LogP contribution in [-0.2, 0) is 26.4 Å². The molecule has 0 radical (unpaired) electrons. The second-order valence-corrected chi connectivity index (χ2v) is 7.31. The number of fused-ring (bicyclic) bond motifs is 3. The molecule has 1 aliphatic carbocycles. The Bertz CT molecular complexity index is 994. The van der Waals surface area contributed by atoms with E-state index in [1.165, 1.54) is 0 Å². The minimum atomic E-state index is -0.395. The predicted octanol–water partition coefficient (Wildman–Crippen LogP) is 3.05. The summed E-state index contributed by atoms with van der Waals surface area (Å²) in [7, 11) is 1.91. The van der Waals surface area contributed by atoms with Gasteiger partial charge in [-0.2, -0.15) is 0 Å². The maximum Gasteiger partial charge on any atom is 0.250 e. The Morgan fingerprint density at radius 2 is 2.08 bits per heavy atom. The Balaban J connectivity index is 1.65. The Kier molecular flexibility index (Phi) is 4.24. The van der Waals surface area contributed by atoms with E-state index in [1.807, 2.05) is 42.1 Å². The zero-order valence-corrected chi connectivity index (χ0v) is 15.9. The summed E-state index contributed by atoms with van der Waals surface area (Å²) >= 11 is 3.44. The van der Waals surface area contributed by atoms with Gasteiger partial charge in [0.05, 0.1) is 17.0 Å². The molecule has 0 unspecified atom stereocenters. The van der Waals surface area contributed by atoms with Crippen molar-refractivity contribution in [3.8, 4) is 11.4 Å². The van der Waals surface area contributed by atoms with E-state index in [-0.39, 0.29) is 0 Å². The number of hydrogen-bond donors (Lipinski definition) is 2. The Morgan fingerprint density at radius 1 is 1.31 bits per heavy atom. The molecule has 1 amide bonds. The average Bonchev–Trinajstić information content (AvgIpc) is 2.98. The summed E-state index contributed by atoms with van der Waals surface area (Å²) in [6.45, 7) is 0.637. The second-order valence-electron chi connectivity index (χ2n) is 6.39. The van der Waals surface area contributed by atoms with Crippen molar-refractivity contribution in [1.29, 1.82) is 0 Å². The van der Waals surface area contributed by atoms with Crippen LogP contribution in [0.4, 0.5) is 5.95 Å². The van der Waals surface area contributed by atoms with Crippen molar-refractivity contribution >= 4 is 27.8 Å². The van der Waals surface area contributed by atoms with Crippen LogP contribution in [0.2, 0.25) is 0 Å². The summed E-state index contributed by atoms with van der Waals surface area (Å²) in [5.74, 6) is 0.175. The molecule has 26 heavy (non-hydrogen) atoms. The highest BCUT2D eigenvalue weighted by Crippen LogP contribution is 2.35. The number of carbonyl (C=O) groups is 1. The summed E-state index contributed by atoms with van der Waals surface area (Å²) in [5, 5.41) is 3.27. The first-order chi connectivity index (χ1) is 12.5. The normalized spacial score (nSPS) is 12.4. The van der Waals surface area contributed by atoms with E-state index in [0.717, 1.165) is 45.4 Å². The van der Waals surface area contributed by atoms with Crippen LogP contribution < -0.4 is 11.1 Å². The molecule has 0 saturated heterocycles. The van der Waals surface area contributed by atoms with Crippen molar-refractivity contribution in [3.63, 3.8) is 0 Å². The molecule has 0 aliphatic heterocycles. The fourth-order valence-electron chi connectivity index (χ4n) is 3.37. The molecule has 7 heteroatoms. The highest BCUT2D eigenvalue weighted by molar-refractivity contribution is 9.10. The van der Waals surface area contributed by atoms with Crippen molar-refractivity contribution in [2.75, 3.05) is 5.32 Å². The van der Waals surface area contributed by atoms with Gasteiger partial charge in [0, 0.05) is 30.5 Å². The van der Waals surface area contributed by atoms with Gasteiger partial charge in [-0.15, -0.1) is 0 Å². The third-order valence-corrected chi connectivity index (χ3v) is 5.18. The highest BCUT2D eigenvalue weighted by Gasteiger charge is 2.26. The fourth-order valence-corrected chi connectivity index (χ4v) is 3.64. The topological polar surface area (TPSA) is 85.8 Å². The smallest absolute Gasteiger partial charge is 0.250 e. The van der Waals surface area contributed by atoms with Crippen LogP contribution in [0.15, 0.2) is 41.1 Å². The number of nitrogens with two attached hydrogens (primary N) is 1. The van der Waals surface area contributed by atoms with Crippen molar-refractivity contribution in [1.82, 2.24) is 14.5 Å². The van der Waals surface area contributed by atoms with E-state index >= 15 is 0 Å². The highest BCUT2D eigenvalue weighted by atomic mass is 79.9. The molecule has 0 atom stereocenters. The molecule has 3 N–H and O–H groups in total. The molecule has 1 aliphatic rings. The number of nitrogens with zero attached hydrogens (tertiary/aromatic N) is 3. The summed E-state index contributed by atoms with van der Waals surface area (Å²) in [6, 6.07) is 8.10. The summed E-state index contributed by atoms with van der Waals surface area (Å²) in [6.07, 6.45) is 5.24. The van der Waals surface area contributed by atoms with Gasteiger partial charge in [0.25, 0.3) is 5.91 Å². The number of amides is 1. The molecule has 2 aromatic heterocycles. The van der Waals surface area contributed by atoms with Gasteiger partial charge in [0.2, 0.25) is 5.95 Å². The Labute approximate surface area is 159 Å². The van der Waals surface area contributed by atoms with Gasteiger partial charge in [-0.05, 0) is 41.7 Å². The number of rotatable bonds is 4. The summed E-state index contributed by atoms with van der Waals surface area (Å²) in [5.41, 5.74) is 11.1. The van der Waals surface area contributed by atoms with Gasteiger partial charge in [-0.25, -0.2) is 9.97 Å². The number of benzene rings is 1. The minimum absolute atomic E-state index is 0.395. The summed E-state index contributed by atoms with van der Waals surface area (Å²) < 4.78 is 2.98. The second kappa shape index (κ2) is 6.57. The number of aryl methyl sites for hydroxylation is 2. The quantitative estimate of drug-likeness (QED) is 0.690. The van der Waals surface area contributed by atoms with Crippen LogP contribution in [-0.4, -0.2) is 20.4 Å². The van der Waals surface area contributed by atoms with Crippen molar-refractivity contribution in [2.45, 2.75) is 19.4 Å². The molecular weight excluding hydrogens is 394 g/mol. The molecule has 6 nitrogen and oxygen atoms in total. The van der Waals surface area contributed by atoms with Crippen LogP contribution in [0.3, 0.4) is 0 Å². The van der Waals surface area contributed by atoms with E-state index in [2.05, 4.69) is 26.2 Å². The maximum absolute atomic E-state index is 11.7. The fraction of sp³-hybridized carbons (Fsp3) is 0.211. The van der Waals surface area contributed by atoms with E-state index in [4.69, 9.17) is 10.7 Å². The molecule has 0 fully saturated rings. The molecular formula is C19H18BrN5O. The average molecular weight is 412 g/mol. The molecule has 132 valence electrons. The van der Waals surface area contributed by atoms with Crippen LogP contribution in [0.25, 0.3) is 11.4 Å². The first-order valence-electron chi connectivity index (χ1n) is 8.35. The zero-order chi connectivity index (χ0) is 18.3. The lowest BCUT2D eigenvalue weighted by molar-refractivity contribution is 0.0999. The number of nitrogens with one attached hydrogen (secondary N) is 1. The van der Waals surface area contributed by atoms with Crippen molar-refractivity contribution in [3.05, 3.63) is 63.4 Å². The van der Waals surface area contributed by atoms with Crippen molar-refractivity contribution < 1.29 is 4.79 Å². The molecule has 0 bridgehead atoms. The Morgan fingerprint density at radius 3 is 2.81 bits per heavy atom. The van der Waals surface area contributed by atoms with Gasteiger partial charge in [0.1, 0.15) is 0 Å². The third kappa shape index (κ3) is 2.99. The molecule has 1 aromatic carbocycles.